The summed E-state index contributed by atoms with van der Waals surface area (Å²) < 4.78 is 1.56. The molecule has 0 aliphatic carbocycles. The standard InChI is InChI=1S/C19H14ClN7O3/c20-17-16(21-5-6-22-17)13-9-27(25-24-13)11-1-2-12-10(7-11)8-26(19(12)30)14-3-4-15(28)23-18(14)29/h1-2,5-7,9,14H,3-4,8H2,(H,23,28,29). The number of carbonyl (C=O) groups is 3. The molecule has 1 atom stereocenters. The molecule has 5 rings (SSSR count). The van der Waals surface area contributed by atoms with Crippen LogP contribution in [0.2, 0.25) is 5.15 Å². The van der Waals surface area contributed by atoms with Gasteiger partial charge in [-0.25, -0.2) is 14.6 Å². The maximum Gasteiger partial charge on any atom is 0.255 e. The van der Waals surface area contributed by atoms with Gasteiger partial charge in [-0.2, -0.15) is 0 Å². The second kappa shape index (κ2) is 6.99. The Morgan fingerprint density at radius 2 is 1.97 bits per heavy atom. The molecule has 3 aromatic rings. The third kappa shape index (κ3) is 3.01. The summed E-state index contributed by atoms with van der Waals surface area (Å²) in [6.07, 6.45) is 5.22. The largest absolute Gasteiger partial charge is 0.322 e. The number of fused-ring (bicyclic) bond motifs is 1. The van der Waals surface area contributed by atoms with Gasteiger partial charge in [0.05, 0.1) is 11.9 Å². The van der Waals surface area contributed by atoms with Crippen LogP contribution in [0.15, 0.2) is 36.8 Å². The van der Waals surface area contributed by atoms with Gasteiger partial charge in [-0.1, -0.05) is 16.8 Å². The lowest BCUT2D eigenvalue weighted by atomic mass is 10.0. The van der Waals surface area contributed by atoms with Crippen LogP contribution in [0.3, 0.4) is 0 Å². The van der Waals surface area contributed by atoms with Gasteiger partial charge in [-0.15, -0.1) is 5.10 Å². The zero-order valence-electron chi connectivity index (χ0n) is 15.4. The van der Waals surface area contributed by atoms with Crippen molar-refractivity contribution in [2.75, 3.05) is 0 Å². The summed E-state index contributed by atoms with van der Waals surface area (Å²) in [4.78, 5) is 46.0. The zero-order chi connectivity index (χ0) is 20.8. The summed E-state index contributed by atoms with van der Waals surface area (Å²) >= 11 is 6.07. The van der Waals surface area contributed by atoms with Crippen molar-refractivity contribution in [3.63, 3.8) is 0 Å². The number of carbonyl (C=O) groups excluding carboxylic acids is 3. The lowest BCUT2D eigenvalue weighted by Crippen LogP contribution is -2.52. The van der Waals surface area contributed by atoms with Crippen LogP contribution in [0, 0.1) is 0 Å². The van der Waals surface area contributed by atoms with E-state index in [0.29, 0.717) is 29.1 Å². The monoisotopic (exact) mass is 423 g/mol. The molecular weight excluding hydrogens is 410 g/mol. The SMILES string of the molecule is O=C1CCC(N2Cc3cc(-n4cc(-c5nccnc5Cl)nn4)ccc3C2=O)C(=O)N1. The Morgan fingerprint density at radius 3 is 2.77 bits per heavy atom. The van der Waals surface area contributed by atoms with Crippen LogP contribution < -0.4 is 5.32 Å². The Bertz CT molecular complexity index is 1210. The first-order valence-corrected chi connectivity index (χ1v) is 9.56. The number of rotatable bonds is 3. The van der Waals surface area contributed by atoms with E-state index in [1.54, 1.807) is 23.0 Å². The number of imide groups is 1. The topological polar surface area (TPSA) is 123 Å². The minimum atomic E-state index is -0.650. The van der Waals surface area contributed by atoms with Gasteiger partial charge in [-0.3, -0.25) is 19.7 Å². The van der Waals surface area contributed by atoms with Crippen molar-refractivity contribution in [2.45, 2.75) is 25.4 Å². The fourth-order valence-corrected chi connectivity index (χ4v) is 3.90. The number of hydrogen-bond donors (Lipinski definition) is 1. The quantitative estimate of drug-likeness (QED) is 0.626. The van der Waals surface area contributed by atoms with Crippen LogP contribution in [-0.4, -0.2) is 53.6 Å². The molecule has 2 aromatic heterocycles. The maximum atomic E-state index is 12.8. The lowest BCUT2D eigenvalue weighted by Gasteiger charge is -2.29. The Hall–Kier alpha value is -3.66. The molecule has 3 amide bonds. The fraction of sp³-hybridized carbons (Fsp3) is 0.211. The Labute approximate surface area is 174 Å². The average molecular weight is 424 g/mol. The van der Waals surface area contributed by atoms with E-state index in [1.165, 1.54) is 17.3 Å². The number of halogens is 1. The van der Waals surface area contributed by atoms with E-state index in [4.69, 9.17) is 11.6 Å². The third-order valence-electron chi connectivity index (χ3n) is 5.16. The molecule has 2 aliphatic heterocycles. The van der Waals surface area contributed by atoms with Gasteiger partial charge in [0.25, 0.3) is 5.91 Å². The van der Waals surface area contributed by atoms with E-state index in [-0.39, 0.29) is 29.9 Å². The summed E-state index contributed by atoms with van der Waals surface area (Å²) in [6.45, 7) is 0.284. The molecule has 4 heterocycles. The first-order valence-electron chi connectivity index (χ1n) is 9.18. The number of nitrogens with one attached hydrogen (secondary N) is 1. The molecule has 10 nitrogen and oxygen atoms in total. The number of nitrogens with zero attached hydrogens (tertiary/aromatic N) is 6. The number of hydrogen-bond acceptors (Lipinski definition) is 7. The molecule has 0 spiro atoms. The summed E-state index contributed by atoms with van der Waals surface area (Å²) in [5.74, 6) is -0.973. The number of piperidine rings is 1. The first kappa shape index (κ1) is 18.4. The highest BCUT2D eigenvalue weighted by molar-refractivity contribution is 6.31. The van der Waals surface area contributed by atoms with Crippen molar-refractivity contribution in [2.24, 2.45) is 0 Å². The van der Waals surface area contributed by atoms with Crippen molar-refractivity contribution >= 4 is 29.3 Å². The van der Waals surface area contributed by atoms with Crippen LogP contribution in [0.5, 0.6) is 0 Å². The van der Waals surface area contributed by atoms with E-state index in [0.717, 1.165) is 5.56 Å². The number of benzene rings is 1. The van der Waals surface area contributed by atoms with Gasteiger partial charge in [0.2, 0.25) is 11.8 Å². The smallest absolute Gasteiger partial charge is 0.255 e. The molecule has 150 valence electrons. The van der Waals surface area contributed by atoms with E-state index < -0.39 is 11.9 Å². The maximum absolute atomic E-state index is 12.8. The highest BCUT2D eigenvalue weighted by Gasteiger charge is 2.39. The average Bonchev–Trinajstić information content (AvgIpc) is 3.34. The highest BCUT2D eigenvalue weighted by atomic mass is 35.5. The molecule has 0 saturated carbocycles. The summed E-state index contributed by atoms with van der Waals surface area (Å²) in [7, 11) is 0. The van der Waals surface area contributed by atoms with Crippen LogP contribution in [0.1, 0.15) is 28.8 Å². The Kier molecular flexibility index (Phi) is 4.28. The van der Waals surface area contributed by atoms with Crippen molar-refractivity contribution in [1.82, 2.24) is 35.2 Å². The lowest BCUT2D eigenvalue weighted by molar-refractivity contribution is -0.136. The zero-order valence-corrected chi connectivity index (χ0v) is 16.2. The van der Waals surface area contributed by atoms with E-state index >= 15 is 0 Å². The van der Waals surface area contributed by atoms with Crippen molar-refractivity contribution < 1.29 is 14.4 Å². The van der Waals surface area contributed by atoms with Gasteiger partial charge in [0, 0.05) is 30.9 Å². The summed E-state index contributed by atoms with van der Waals surface area (Å²) in [6, 6.07) is 4.63. The van der Waals surface area contributed by atoms with Gasteiger partial charge in [-0.05, 0) is 30.2 Å². The Morgan fingerprint density at radius 1 is 1.13 bits per heavy atom. The van der Waals surface area contributed by atoms with Crippen LogP contribution in [0.25, 0.3) is 17.1 Å². The highest BCUT2D eigenvalue weighted by Crippen LogP contribution is 2.29. The minimum absolute atomic E-state index is 0.217. The first-order chi connectivity index (χ1) is 14.5. The van der Waals surface area contributed by atoms with E-state index in [9.17, 15) is 14.4 Å². The molecule has 1 saturated heterocycles. The van der Waals surface area contributed by atoms with E-state index in [1.807, 2.05) is 6.07 Å². The molecule has 1 N–H and O–H groups in total. The Balaban J connectivity index is 1.42. The normalized spacial score (nSPS) is 18.5. The van der Waals surface area contributed by atoms with Gasteiger partial charge >= 0.3 is 0 Å². The number of aromatic nitrogens is 5. The predicted molar refractivity (Wildman–Crippen MR) is 103 cm³/mol. The molecule has 30 heavy (non-hydrogen) atoms. The predicted octanol–water partition coefficient (Wildman–Crippen LogP) is 1.14. The van der Waals surface area contributed by atoms with Crippen molar-refractivity contribution in [3.05, 3.63) is 53.1 Å². The molecule has 0 radical (unpaired) electrons. The molecule has 11 heteroatoms. The van der Waals surface area contributed by atoms with E-state index in [2.05, 4.69) is 25.6 Å². The fourth-order valence-electron chi connectivity index (χ4n) is 3.69. The van der Waals surface area contributed by atoms with Crippen LogP contribution in [-0.2, 0) is 16.1 Å². The van der Waals surface area contributed by atoms with Crippen LogP contribution in [0.4, 0.5) is 0 Å². The number of amides is 3. The molecule has 1 unspecified atom stereocenters. The molecule has 2 aliphatic rings. The summed E-state index contributed by atoms with van der Waals surface area (Å²) in [5, 5.41) is 10.7. The third-order valence-corrected chi connectivity index (χ3v) is 5.44. The van der Waals surface area contributed by atoms with Crippen LogP contribution >= 0.6 is 11.6 Å². The molecule has 1 fully saturated rings. The molecular formula is C19H14ClN7O3. The molecule has 0 bridgehead atoms. The van der Waals surface area contributed by atoms with Gasteiger partial charge < -0.3 is 4.90 Å². The van der Waals surface area contributed by atoms with Gasteiger partial charge in [0.15, 0.2) is 5.15 Å². The molecule has 1 aromatic carbocycles. The van der Waals surface area contributed by atoms with Crippen molar-refractivity contribution in [1.29, 1.82) is 0 Å². The second-order valence-electron chi connectivity index (χ2n) is 6.99. The summed E-state index contributed by atoms with van der Waals surface area (Å²) in [5.41, 5.74) is 2.89. The minimum Gasteiger partial charge on any atom is -0.322 e. The van der Waals surface area contributed by atoms with Gasteiger partial charge in [0.1, 0.15) is 17.4 Å². The van der Waals surface area contributed by atoms with Crippen molar-refractivity contribution in [3.8, 4) is 17.1 Å². The second-order valence-corrected chi connectivity index (χ2v) is 7.34.